The highest BCUT2D eigenvalue weighted by atomic mass is 19.1. The van der Waals surface area contributed by atoms with Gasteiger partial charge in [-0.05, 0) is 50.7 Å². The number of likely N-dealkylation sites (N-methyl/N-ethyl adjacent to an activating group) is 1. The van der Waals surface area contributed by atoms with Crippen LogP contribution in [0.1, 0.15) is 18.1 Å². The minimum atomic E-state index is -0.734. The molecule has 0 amide bonds. The van der Waals surface area contributed by atoms with E-state index in [9.17, 15) is 9.18 Å². The van der Waals surface area contributed by atoms with E-state index < -0.39 is 11.8 Å². The van der Waals surface area contributed by atoms with E-state index in [1.807, 2.05) is 0 Å². The van der Waals surface area contributed by atoms with Crippen LogP contribution in [0.3, 0.4) is 0 Å². The summed E-state index contributed by atoms with van der Waals surface area (Å²) in [6.07, 6.45) is 0.502. The fraction of sp³-hybridized carbons (Fsp3) is 0.385. The molecule has 19 heavy (non-hydrogen) atoms. The summed E-state index contributed by atoms with van der Waals surface area (Å²) < 4.78 is 18.1. The summed E-state index contributed by atoms with van der Waals surface area (Å²) in [5.74, 6) is -1.14. The van der Waals surface area contributed by atoms with Gasteiger partial charge in [0.1, 0.15) is 5.82 Å². The van der Waals surface area contributed by atoms with E-state index in [-0.39, 0.29) is 12.3 Å². The summed E-state index contributed by atoms with van der Waals surface area (Å²) in [4.78, 5) is 11.7. The Morgan fingerprint density at radius 2 is 2.26 bits per heavy atom. The van der Waals surface area contributed by atoms with Crippen molar-refractivity contribution >= 4 is 11.7 Å². The van der Waals surface area contributed by atoms with Crippen molar-refractivity contribution in [2.45, 2.75) is 13.3 Å². The number of ether oxygens (including phenoxy) is 1. The highest BCUT2D eigenvalue weighted by Gasteiger charge is 2.19. The van der Waals surface area contributed by atoms with Crippen molar-refractivity contribution in [2.75, 3.05) is 20.2 Å². The fourth-order valence-corrected chi connectivity index (χ4v) is 1.66. The third-order valence-corrected chi connectivity index (χ3v) is 2.54. The number of nitrogens with zero attached hydrogens (tertiary/aromatic N) is 1. The molecule has 5 nitrogen and oxygen atoms in total. The zero-order chi connectivity index (χ0) is 14.3. The standard InChI is InChI=1S/C13H17FN2O3/c1-3-19-13(17)12(16-18)11-5-4-10(14)8-9(11)6-7-15-2/h4-5,8,15,18H,3,6-7H2,1-2H3/b16-12+. The monoisotopic (exact) mass is 268 g/mol. The van der Waals surface area contributed by atoms with E-state index in [2.05, 4.69) is 10.5 Å². The van der Waals surface area contributed by atoms with Crippen LogP contribution in [0.15, 0.2) is 23.4 Å². The lowest BCUT2D eigenvalue weighted by Crippen LogP contribution is -2.21. The van der Waals surface area contributed by atoms with Crippen LogP contribution in [0.5, 0.6) is 0 Å². The molecule has 1 rings (SSSR count). The number of hydrogen-bond donors (Lipinski definition) is 2. The van der Waals surface area contributed by atoms with Crippen LogP contribution in [0.25, 0.3) is 0 Å². The topological polar surface area (TPSA) is 70.9 Å². The van der Waals surface area contributed by atoms with E-state index in [1.165, 1.54) is 18.2 Å². The minimum Gasteiger partial charge on any atom is -0.461 e. The zero-order valence-corrected chi connectivity index (χ0v) is 10.9. The van der Waals surface area contributed by atoms with Gasteiger partial charge in [-0.1, -0.05) is 5.16 Å². The van der Waals surface area contributed by atoms with Crippen LogP contribution in [0.4, 0.5) is 4.39 Å². The maximum Gasteiger partial charge on any atom is 0.361 e. The van der Waals surface area contributed by atoms with Crippen LogP contribution < -0.4 is 5.32 Å². The molecule has 0 heterocycles. The third kappa shape index (κ3) is 4.03. The Bertz CT molecular complexity index is 475. The highest BCUT2D eigenvalue weighted by molar-refractivity contribution is 6.43. The van der Waals surface area contributed by atoms with Gasteiger partial charge in [-0.15, -0.1) is 0 Å². The van der Waals surface area contributed by atoms with Crippen molar-refractivity contribution in [3.63, 3.8) is 0 Å². The first kappa shape index (κ1) is 15.1. The molecule has 0 atom stereocenters. The van der Waals surface area contributed by atoms with Gasteiger partial charge >= 0.3 is 5.97 Å². The largest absolute Gasteiger partial charge is 0.461 e. The summed E-state index contributed by atoms with van der Waals surface area (Å²) in [7, 11) is 1.77. The second-order valence-electron chi connectivity index (χ2n) is 3.82. The van der Waals surface area contributed by atoms with Gasteiger partial charge in [0.2, 0.25) is 0 Å². The Hall–Kier alpha value is -1.95. The normalized spacial score (nSPS) is 11.4. The van der Waals surface area contributed by atoms with Gasteiger partial charge < -0.3 is 15.3 Å². The van der Waals surface area contributed by atoms with E-state index in [4.69, 9.17) is 9.94 Å². The van der Waals surface area contributed by atoms with Gasteiger partial charge in [0.05, 0.1) is 6.61 Å². The van der Waals surface area contributed by atoms with Crippen LogP contribution in [-0.2, 0) is 16.0 Å². The average Bonchev–Trinajstić information content (AvgIpc) is 2.39. The Labute approximate surface area is 111 Å². The Kier molecular flexibility index (Phi) is 5.95. The van der Waals surface area contributed by atoms with Crippen molar-refractivity contribution in [1.29, 1.82) is 0 Å². The average molecular weight is 268 g/mol. The van der Waals surface area contributed by atoms with E-state index in [1.54, 1.807) is 14.0 Å². The molecule has 104 valence electrons. The minimum absolute atomic E-state index is 0.172. The quantitative estimate of drug-likeness (QED) is 0.353. The van der Waals surface area contributed by atoms with E-state index >= 15 is 0 Å². The molecule has 0 aliphatic heterocycles. The second kappa shape index (κ2) is 7.48. The number of oxime groups is 1. The molecule has 0 saturated heterocycles. The number of carbonyl (C=O) groups is 1. The second-order valence-corrected chi connectivity index (χ2v) is 3.82. The fourth-order valence-electron chi connectivity index (χ4n) is 1.66. The summed E-state index contributed by atoms with van der Waals surface area (Å²) in [6.45, 7) is 2.43. The molecule has 6 heteroatoms. The summed E-state index contributed by atoms with van der Waals surface area (Å²) in [5, 5.41) is 14.9. The number of hydrogen-bond acceptors (Lipinski definition) is 5. The van der Waals surface area contributed by atoms with Crippen molar-refractivity contribution in [3.8, 4) is 0 Å². The van der Waals surface area contributed by atoms with Crippen LogP contribution >= 0.6 is 0 Å². The van der Waals surface area contributed by atoms with Gasteiger partial charge in [-0.3, -0.25) is 0 Å². The predicted molar refractivity (Wildman–Crippen MR) is 69.0 cm³/mol. The van der Waals surface area contributed by atoms with E-state index in [0.29, 0.717) is 24.1 Å². The van der Waals surface area contributed by atoms with Crippen molar-refractivity contribution in [2.24, 2.45) is 5.16 Å². The lowest BCUT2D eigenvalue weighted by atomic mass is 10.00. The van der Waals surface area contributed by atoms with Gasteiger partial charge in [0.25, 0.3) is 0 Å². The van der Waals surface area contributed by atoms with Crippen LogP contribution in [0.2, 0.25) is 0 Å². The molecule has 0 aromatic heterocycles. The Morgan fingerprint density at radius 1 is 1.53 bits per heavy atom. The maximum absolute atomic E-state index is 13.3. The van der Waals surface area contributed by atoms with Crippen molar-refractivity contribution < 1.29 is 19.1 Å². The first-order valence-electron chi connectivity index (χ1n) is 5.96. The SMILES string of the molecule is CCOC(=O)/C(=N/O)c1ccc(F)cc1CCNC. The number of nitrogens with one attached hydrogen (secondary N) is 1. The molecular weight excluding hydrogens is 251 g/mol. The smallest absolute Gasteiger partial charge is 0.361 e. The summed E-state index contributed by atoms with van der Waals surface area (Å²) in [6, 6.07) is 3.94. The van der Waals surface area contributed by atoms with Gasteiger partial charge in [-0.2, -0.15) is 0 Å². The van der Waals surface area contributed by atoms with E-state index in [0.717, 1.165) is 0 Å². The number of rotatable bonds is 6. The number of esters is 1. The summed E-state index contributed by atoms with van der Waals surface area (Å²) >= 11 is 0. The van der Waals surface area contributed by atoms with Gasteiger partial charge in [-0.25, -0.2) is 9.18 Å². The van der Waals surface area contributed by atoms with Crippen LogP contribution in [0, 0.1) is 5.82 Å². The van der Waals surface area contributed by atoms with Crippen molar-refractivity contribution in [3.05, 3.63) is 35.1 Å². The molecule has 0 fully saturated rings. The molecule has 0 radical (unpaired) electrons. The zero-order valence-electron chi connectivity index (χ0n) is 10.9. The third-order valence-electron chi connectivity index (χ3n) is 2.54. The molecule has 0 saturated carbocycles. The number of carbonyl (C=O) groups excluding carboxylic acids is 1. The van der Waals surface area contributed by atoms with Gasteiger partial charge in [0, 0.05) is 5.56 Å². The lowest BCUT2D eigenvalue weighted by molar-refractivity contribution is -0.135. The molecule has 1 aromatic carbocycles. The molecule has 2 N–H and O–H groups in total. The molecule has 0 unspecified atom stereocenters. The molecule has 1 aromatic rings. The first-order chi connectivity index (χ1) is 9.13. The Balaban J connectivity index is 3.12. The van der Waals surface area contributed by atoms with Crippen LogP contribution in [-0.4, -0.2) is 37.1 Å². The highest BCUT2D eigenvalue weighted by Crippen LogP contribution is 2.14. The van der Waals surface area contributed by atoms with Crippen molar-refractivity contribution in [1.82, 2.24) is 5.32 Å². The lowest BCUT2D eigenvalue weighted by Gasteiger charge is -2.10. The first-order valence-corrected chi connectivity index (χ1v) is 5.96. The Morgan fingerprint density at radius 3 is 2.84 bits per heavy atom. The molecular formula is C13H17FN2O3. The summed E-state index contributed by atoms with van der Waals surface area (Å²) in [5.41, 5.74) is 0.737. The van der Waals surface area contributed by atoms with Gasteiger partial charge in [0.15, 0.2) is 5.71 Å². The molecule has 0 bridgehead atoms. The molecule has 0 spiro atoms. The number of halogens is 1. The number of benzene rings is 1. The predicted octanol–water partition coefficient (Wildman–Crippen LogP) is 1.33. The molecule has 0 aliphatic carbocycles. The molecule has 0 aliphatic rings. The maximum atomic E-state index is 13.3.